The second kappa shape index (κ2) is 6.34. The van der Waals surface area contributed by atoms with Crippen molar-refractivity contribution >= 4 is 29.1 Å². The Bertz CT molecular complexity index is 768. The van der Waals surface area contributed by atoms with Gasteiger partial charge in [0.05, 0.1) is 11.1 Å². The van der Waals surface area contributed by atoms with E-state index >= 15 is 0 Å². The summed E-state index contributed by atoms with van der Waals surface area (Å²) in [5.41, 5.74) is 1.65. The number of amides is 3. The van der Waals surface area contributed by atoms with E-state index in [9.17, 15) is 14.4 Å². The van der Waals surface area contributed by atoms with Gasteiger partial charge in [0.25, 0.3) is 11.8 Å². The smallest absolute Gasteiger partial charge is 0.262 e. The maximum absolute atomic E-state index is 12.3. The summed E-state index contributed by atoms with van der Waals surface area (Å²) in [5.74, 6) is -1.13. The fourth-order valence-corrected chi connectivity index (χ4v) is 3.24. The van der Waals surface area contributed by atoms with Crippen LogP contribution < -0.4 is 5.32 Å². The normalized spacial score (nSPS) is 13.3. The van der Waals surface area contributed by atoms with Crippen LogP contribution in [0.5, 0.6) is 0 Å². The van der Waals surface area contributed by atoms with Crippen molar-refractivity contribution in [3.05, 3.63) is 57.3 Å². The molecule has 6 heteroatoms. The van der Waals surface area contributed by atoms with Gasteiger partial charge < -0.3 is 5.32 Å². The van der Waals surface area contributed by atoms with Crippen LogP contribution in [0.3, 0.4) is 0 Å². The number of benzene rings is 1. The average molecular weight is 328 g/mol. The molecule has 3 rings (SSSR count). The molecule has 0 saturated heterocycles. The molecular formula is C17H16N2O3S. The van der Waals surface area contributed by atoms with E-state index < -0.39 is 11.8 Å². The lowest BCUT2D eigenvalue weighted by atomic mass is 10.1. The molecule has 0 atom stereocenters. The van der Waals surface area contributed by atoms with Gasteiger partial charge in [0.1, 0.15) is 6.54 Å². The first kappa shape index (κ1) is 15.4. The third-order valence-corrected chi connectivity index (χ3v) is 4.64. The predicted octanol–water partition coefficient (Wildman–Crippen LogP) is 2.01. The lowest BCUT2D eigenvalue weighted by Crippen LogP contribution is -2.40. The molecule has 1 aromatic carbocycles. The summed E-state index contributed by atoms with van der Waals surface area (Å²) in [7, 11) is 0. The van der Waals surface area contributed by atoms with Crippen molar-refractivity contribution in [3.8, 4) is 0 Å². The first-order chi connectivity index (χ1) is 11.1. The van der Waals surface area contributed by atoms with Gasteiger partial charge in [-0.05, 0) is 36.9 Å². The number of carbonyl (C=O) groups excluding carboxylic acids is 3. The fraction of sp³-hybridized carbons (Fsp3) is 0.235. The molecule has 3 amide bonds. The van der Waals surface area contributed by atoms with Crippen molar-refractivity contribution < 1.29 is 14.4 Å². The molecule has 0 unspecified atom stereocenters. The maximum atomic E-state index is 12.3. The Morgan fingerprint density at radius 2 is 1.96 bits per heavy atom. The molecule has 0 bridgehead atoms. The van der Waals surface area contributed by atoms with E-state index in [-0.39, 0.29) is 12.5 Å². The topological polar surface area (TPSA) is 66.5 Å². The third-order valence-electron chi connectivity index (χ3n) is 3.70. The molecule has 1 aliphatic heterocycles. The summed E-state index contributed by atoms with van der Waals surface area (Å²) < 4.78 is 0. The van der Waals surface area contributed by atoms with Crippen molar-refractivity contribution in [3.63, 3.8) is 0 Å². The molecule has 0 aliphatic carbocycles. The number of hydrogen-bond donors (Lipinski definition) is 1. The molecule has 0 spiro atoms. The van der Waals surface area contributed by atoms with Crippen LogP contribution in [0, 0.1) is 6.92 Å². The Morgan fingerprint density at radius 3 is 2.70 bits per heavy atom. The van der Waals surface area contributed by atoms with Crippen molar-refractivity contribution in [2.45, 2.75) is 13.3 Å². The Balaban J connectivity index is 1.59. The van der Waals surface area contributed by atoms with Gasteiger partial charge in [0.15, 0.2) is 0 Å². The van der Waals surface area contributed by atoms with E-state index in [1.165, 1.54) is 4.88 Å². The highest BCUT2D eigenvalue weighted by molar-refractivity contribution is 7.09. The number of aryl methyl sites for hydroxylation is 1. The standard InChI is InChI=1S/C17H16N2O3S/c1-11-4-5-13-14(9-11)17(22)19(16(13)21)10-15(20)18-7-6-12-3-2-8-23-12/h2-5,8-9H,6-7,10H2,1H3,(H,18,20). The molecule has 0 radical (unpaired) electrons. The Labute approximate surface area is 137 Å². The van der Waals surface area contributed by atoms with Gasteiger partial charge in [-0.2, -0.15) is 0 Å². The summed E-state index contributed by atoms with van der Waals surface area (Å²) in [5, 5.41) is 4.73. The largest absolute Gasteiger partial charge is 0.354 e. The van der Waals surface area contributed by atoms with Gasteiger partial charge in [-0.25, -0.2) is 0 Å². The van der Waals surface area contributed by atoms with Gasteiger partial charge >= 0.3 is 0 Å². The molecule has 0 fully saturated rings. The minimum absolute atomic E-state index is 0.240. The summed E-state index contributed by atoms with van der Waals surface area (Å²) in [6.07, 6.45) is 0.741. The molecule has 1 aliphatic rings. The molecular weight excluding hydrogens is 312 g/mol. The second-order valence-electron chi connectivity index (χ2n) is 5.42. The molecule has 118 valence electrons. The van der Waals surface area contributed by atoms with Crippen LogP contribution in [-0.2, 0) is 11.2 Å². The number of nitrogens with one attached hydrogen (secondary N) is 1. The summed E-state index contributed by atoms with van der Waals surface area (Å²) in [6.45, 7) is 2.11. The van der Waals surface area contributed by atoms with Crippen LogP contribution in [0.1, 0.15) is 31.2 Å². The van der Waals surface area contributed by atoms with E-state index in [1.807, 2.05) is 24.4 Å². The maximum Gasteiger partial charge on any atom is 0.262 e. The zero-order valence-corrected chi connectivity index (χ0v) is 13.5. The van der Waals surface area contributed by atoms with Gasteiger partial charge in [0.2, 0.25) is 5.91 Å². The number of thiophene rings is 1. The third kappa shape index (κ3) is 3.17. The number of imide groups is 1. The highest BCUT2D eigenvalue weighted by Crippen LogP contribution is 2.23. The van der Waals surface area contributed by atoms with Crippen molar-refractivity contribution in [2.75, 3.05) is 13.1 Å². The van der Waals surface area contributed by atoms with E-state index in [1.54, 1.807) is 29.5 Å². The molecule has 2 aromatic rings. The monoisotopic (exact) mass is 328 g/mol. The van der Waals surface area contributed by atoms with Gasteiger partial charge in [-0.1, -0.05) is 17.7 Å². The van der Waals surface area contributed by atoms with E-state index in [4.69, 9.17) is 0 Å². The van der Waals surface area contributed by atoms with Crippen LogP contribution >= 0.6 is 11.3 Å². The molecule has 2 heterocycles. The summed E-state index contributed by atoms with van der Waals surface area (Å²) in [4.78, 5) is 38.7. The molecule has 23 heavy (non-hydrogen) atoms. The van der Waals surface area contributed by atoms with Crippen LogP contribution in [0.25, 0.3) is 0 Å². The van der Waals surface area contributed by atoms with Crippen molar-refractivity contribution in [1.29, 1.82) is 0 Å². The lowest BCUT2D eigenvalue weighted by Gasteiger charge is -2.13. The molecule has 1 N–H and O–H groups in total. The van der Waals surface area contributed by atoms with Crippen LogP contribution in [-0.4, -0.2) is 35.7 Å². The van der Waals surface area contributed by atoms with E-state index in [0.29, 0.717) is 17.7 Å². The summed E-state index contributed by atoms with van der Waals surface area (Å²) >= 11 is 1.63. The van der Waals surface area contributed by atoms with Gasteiger partial charge in [-0.3, -0.25) is 19.3 Å². The first-order valence-electron chi connectivity index (χ1n) is 7.32. The average Bonchev–Trinajstić information content (AvgIpc) is 3.11. The highest BCUT2D eigenvalue weighted by atomic mass is 32.1. The minimum atomic E-state index is -0.404. The first-order valence-corrected chi connectivity index (χ1v) is 8.20. The summed E-state index contributed by atoms with van der Waals surface area (Å²) in [6, 6.07) is 9.07. The Morgan fingerprint density at radius 1 is 1.17 bits per heavy atom. The van der Waals surface area contributed by atoms with Crippen molar-refractivity contribution in [2.24, 2.45) is 0 Å². The number of rotatable bonds is 5. The van der Waals surface area contributed by atoms with E-state index in [2.05, 4.69) is 5.32 Å². The van der Waals surface area contributed by atoms with Gasteiger partial charge in [0, 0.05) is 11.4 Å². The minimum Gasteiger partial charge on any atom is -0.354 e. The fourth-order valence-electron chi connectivity index (χ4n) is 2.53. The zero-order chi connectivity index (χ0) is 16.4. The van der Waals surface area contributed by atoms with Crippen LogP contribution in [0.15, 0.2) is 35.7 Å². The van der Waals surface area contributed by atoms with Gasteiger partial charge in [-0.15, -0.1) is 11.3 Å². The SMILES string of the molecule is Cc1ccc2c(c1)C(=O)N(CC(=O)NCCc1cccs1)C2=O. The second-order valence-corrected chi connectivity index (χ2v) is 6.46. The van der Waals surface area contributed by atoms with Crippen LogP contribution in [0.4, 0.5) is 0 Å². The molecule has 0 saturated carbocycles. The predicted molar refractivity (Wildman–Crippen MR) is 87.6 cm³/mol. The van der Waals surface area contributed by atoms with Crippen LogP contribution in [0.2, 0.25) is 0 Å². The Kier molecular flexibility index (Phi) is 4.25. The molecule has 1 aromatic heterocycles. The Hall–Kier alpha value is -2.47. The van der Waals surface area contributed by atoms with Crippen molar-refractivity contribution in [1.82, 2.24) is 10.2 Å². The number of fused-ring (bicyclic) bond motifs is 1. The quantitative estimate of drug-likeness (QED) is 0.854. The highest BCUT2D eigenvalue weighted by Gasteiger charge is 2.36. The number of carbonyl (C=O) groups is 3. The molecule has 5 nitrogen and oxygen atoms in total. The zero-order valence-electron chi connectivity index (χ0n) is 12.7. The number of hydrogen-bond acceptors (Lipinski definition) is 4. The van der Waals surface area contributed by atoms with E-state index in [0.717, 1.165) is 16.9 Å². The number of nitrogens with zero attached hydrogens (tertiary/aromatic N) is 1. The lowest BCUT2D eigenvalue weighted by molar-refractivity contribution is -0.121.